The summed E-state index contributed by atoms with van der Waals surface area (Å²) in [6.45, 7) is 4.65. The van der Waals surface area contributed by atoms with Crippen molar-refractivity contribution in [1.29, 1.82) is 0 Å². The van der Waals surface area contributed by atoms with E-state index >= 15 is 0 Å². The Labute approximate surface area is 100.0 Å². The lowest BCUT2D eigenvalue weighted by Crippen LogP contribution is -2.44. The maximum atomic E-state index is 10.4. The Kier molecular flexibility index (Phi) is 4.26. The van der Waals surface area contributed by atoms with Gasteiger partial charge in [-0.1, -0.05) is 39.5 Å². The van der Waals surface area contributed by atoms with Crippen molar-refractivity contribution in [2.24, 2.45) is 11.8 Å². The number of hydrogen-bond acceptors (Lipinski definition) is 2. The van der Waals surface area contributed by atoms with Crippen molar-refractivity contribution in [2.45, 2.75) is 77.3 Å². The van der Waals surface area contributed by atoms with E-state index < -0.39 is 0 Å². The van der Waals surface area contributed by atoms with Crippen molar-refractivity contribution in [3.63, 3.8) is 0 Å². The summed E-state index contributed by atoms with van der Waals surface area (Å²) in [6.07, 6.45) is 10.1. The minimum atomic E-state index is 0.444. The van der Waals surface area contributed by atoms with Gasteiger partial charge in [0.15, 0.2) is 0 Å². The van der Waals surface area contributed by atoms with Gasteiger partial charge in [0, 0.05) is 12.1 Å². The van der Waals surface area contributed by atoms with Gasteiger partial charge in [0.2, 0.25) is 0 Å². The topological polar surface area (TPSA) is 23.5 Å². The predicted octanol–water partition coefficient (Wildman–Crippen LogP) is 3.84. The molecule has 1 N–H and O–H groups in total. The van der Waals surface area contributed by atoms with Gasteiger partial charge in [-0.25, -0.2) is 0 Å². The maximum Gasteiger partial charge on any atom is 0.0356 e. The Morgan fingerprint density at radius 2 is 1.25 bits per heavy atom. The van der Waals surface area contributed by atoms with Crippen molar-refractivity contribution in [2.75, 3.05) is 0 Å². The van der Waals surface area contributed by atoms with Crippen molar-refractivity contribution in [1.82, 2.24) is 5.06 Å². The highest BCUT2D eigenvalue weighted by Crippen LogP contribution is 2.32. The Balaban J connectivity index is 1.87. The van der Waals surface area contributed by atoms with E-state index in [4.69, 9.17) is 0 Å². The highest BCUT2D eigenvalue weighted by Gasteiger charge is 2.31. The molecule has 0 spiro atoms. The predicted molar refractivity (Wildman–Crippen MR) is 66.5 cm³/mol. The van der Waals surface area contributed by atoms with E-state index in [1.54, 1.807) is 5.06 Å². The first-order chi connectivity index (χ1) is 7.66. The normalized spacial score (nSPS) is 41.2. The molecule has 0 amide bonds. The first-order valence-corrected chi connectivity index (χ1v) is 7.14. The van der Waals surface area contributed by atoms with E-state index in [1.165, 1.54) is 51.4 Å². The molecule has 0 radical (unpaired) electrons. The molecule has 0 aromatic heterocycles. The Hall–Kier alpha value is -0.0800. The molecule has 0 heterocycles. The van der Waals surface area contributed by atoms with Crippen LogP contribution < -0.4 is 0 Å². The minimum Gasteiger partial charge on any atom is -0.313 e. The van der Waals surface area contributed by atoms with Crippen LogP contribution in [0.25, 0.3) is 0 Å². The molecular formula is C14H27NO. The number of hydroxylamine groups is 2. The van der Waals surface area contributed by atoms with Gasteiger partial charge in [0.1, 0.15) is 0 Å². The average Bonchev–Trinajstić information content (AvgIpc) is 2.28. The standard InChI is InChI=1S/C14H27NO/c1-11-5-3-7-13(9-11)15(16)14-8-4-6-12(2)10-14/h11-14,16H,3-10H2,1-2H3. The minimum absolute atomic E-state index is 0.444. The Morgan fingerprint density at radius 1 is 0.812 bits per heavy atom. The van der Waals surface area contributed by atoms with Crippen LogP contribution in [0.2, 0.25) is 0 Å². The third-order valence-electron chi connectivity index (χ3n) is 4.57. The highest BCUT2D eigenvalue weighted by molar-refractivity contribution is 4.82. The van der Waals surface area contributed by atoms with Crippen LogP contribution in [-0.4, -0.2) is 22.4 Å². The zero-order valence-electron chi connectivity index (χ0n) is 10.9. The summed E-state index contributed by atoms with van der Waals surface area (Å²) in [4.78, 5) is 0. The van der Waals surface area contributed by atoms with Crippen LogP contribution >= 0.6 is 0 Å². The quantitative estimate of drug-likeness (QED) is 0.722. The molecule has 2 aliphatic rings. The largest absolute Gasteiger partial charge is 0.313 e. The van der Waals surface area contributed by atoms with Crippen LogP contribution in [0.15, 0.2) is 0 Å². The zero-order valence-corrected chi connectivity index (χ0v) is 10.9. The Bertz CT molecular complexity index is 197. The van der Waals surface area contributed by atoms with Crippen LogP contribution in [-0.2, 0) is 0 Å². The van der Waals surface area contributed by atoms with Crippen molar-refractivity contribution in [3.05, 3.63) is 0 Å². The summed E-state index contributed by atoms with van der Waals surface area (Å²) in [5.74, 6) is 1.60. The molecule has 2 nitrogen and oxygen atoms in total. The summed E-state index contributed by atoms with van der Waals surface area (Å²) >= 11 is 0. The molecule has 2 fully saturated rings. The summed E-state index contributed by atoms with van der Waals surface area (Å²) in [5.41, 5.74) is 0. The first kappa shape index (κ1) is 12.4. The summed E-state index contributed by atoms with van der Waals surface area (Å²) in [5, 5.41) is 12.1. The first-order valence-electron chi connectivity index (χ1n) is 7.14. The molecule has 2 heteroatoms. The number of nitrogens with zero attached hydrogens (tertiary/aromatic N) is 1. The lowest BCUT2D eigenvalue weighted by atomic mass is 9.83. The van der Waals surface area contributed by atoms with E-state index in [0.29, 0.717) is 12.1 Å². The van der Waals surface area contributed by atoms with Crippen molar-refractivity contribution in [3.8, 4) is 0 Å². The van der Waals surface area contributed by atoms with Gasteiger partial charge in [0.05, 0.1) is 0 Å². The van der Waals surface area contributed by atoms with Gasteiger partial charge < -0.3 is 5.21 Å². The van der Waals surface area contributed by atoms with Crippen LogP contribution in [0, 0.1) is 11.8 Å². The molecule has 0 bridgehead atoms. The molecule has 2 rings (SSSR count). The monoisotopic (exact) mass is 225 g/mol. The fourth-order valence-electron chi connectivity index (χ4n) is 3.58. The molecule has 4 atom stereocenters. The molecule has 2 aliphatic carbocycles. The molecule has 2 saturated carbocycles. The molecule has 0 aromatic carbocycles. The van der Waals surface area contributed by atoms with Crippen molar-refractivity contribution >= 4 is 0 Å². The second-order valence-electron chi connectivity index (χ2n) is 6.23. The van der Waals surface area contributed by atoms with E-state index in [0.717, 1.165) is 11.8 Å². The molecule has 0 aromatic rings. The van der Waals surface area contributed by atoms with Crippen LogP contribution in [0.4, 0.5) is 0 Å². The summed E-state index contributed by atoms with van der Waals surface area (Å²) in [6, 6.07) is 0.887. The lowest BCUT2D eigenvalue weighted by molar-refractivity contribution is -0.179. The van der Waals surface area contributed by atoms with Gasteiger partial charge >= 0.3 is 0 Å². The fraction of sp³-hybridized carbons (Fsp3) is 1.00. The molecule has 16 heavy (non-hydrogen) atoms. The summed E-state index contributed by atoms with van der Waals surface area (Å²) < 4.78 is 0. The van der Waals surface area contributed by atoms with Crippen molar-refractivity contribution < 1.29 is 5.21 Å². The van der Waals surface area contributed by atoms with Gasteiger partial charge in [0.25, 0.3) is 0 Å². The molecular weight excluding hydrogens is 198 g/mol. The molecule has 94 valence electrons. The number of rotatable bonds is 2. The van der Waals surface area contributed by atoms with E-state index in [2.05, 4.69) is 13.8 Å². The molecule has 0 aliphatic heterocycles. The Morgan fingerprint density at radius 3 is 1.62 bits per heavy atom. The third-order valence-corrected chi connectivity index (χ3v) is 4.57. The van der Waals surface area contributed by atoms with Gasteiger partial charge in [-0.05, 0) is 37.5 Å². The molecule has 4 unspecified atom stereocenters. The van der Waals surface area contributed by atoms with Gasteiger partial charge in [-0.3, -0.25) is 0 Å². The summed E-state index contributed by atoms with van der Waals surface area (Å²) in [7, 11) is 0. The van der Waals surface area contributed by atoms with E-state index in [9.17, 15) is 5.21 Å². The average molecular weight is 225 g/mol. The maximum absolute atomic E-state index is 10.4. The zero-order chi connectivity index (χ0) is 11.5. The van der Waals surface area contributed by atoms with E-state index in [1.807, 2.05) is 0 Å². The second kappa shape index (κ2) is 5.50. The van der Waals surface area contributed by atoms with E-state index in [-0.39, 0.29) is 0 Å². The second-order valence-corrected chi connectivity index (χ2v) is 6.23. The van der Waals surface area contributed by atoms with Crippen LogP contribution in [0.5, 0.6) is 0 Å². The third kappa shape index (κ3) is 2.98. The smallest absolute Gasteiger partial charge is 0.0356 e. The SMILES string of the molecule is CC1CCCC(N(O)C2CCCC(C)C2)C1. The highest BCUT2D eigenvalue weighted by atomic mass is 16.5. The van der Waals surface area contributed by atoms with Gasteiger partial charge in [-0.2, -0.15) is 5.06 Å². The lowest BCUT2D eigenvalue weighted by Gasteiger charge is -2.40. The number of hydrogen-bond donors (Lipinski definition) is 1. The molecule has 0 saturated heterocycles. The van der Waals surface area contributed by atoms with Gasteiger partial charge in [-0.15, -0.1) is 0 Å². The van der Waals surface area contributed by atoms with Crippen LogP contribution in [0.3, 0.4) is 0 Å². The van der Waals surface area contributed by atoms with Crippen LogP contribution in [0.1, 0.15) is 65.2 Å². The fourth-order valence-corrected chi connectivity index (χ4v) is 3.58.